The van der Waals surface area contributed by atoms with Gasteiger partial charge in [0, 0.05) is 18.1 Å². The van der Waals surface area contributed by atoms with Crippen LogP contribution in [-0.4, -0.2) is 35.2 Å². The maximum Gasteiger partial charge on any atom is 0.360 e. The summed E-state index contributed by atoms with van der Waals surface area (Å²) in [5.74, 6) is -0.467. The summed E-state index contributed by atoms with van der Waals surface area (Å²) in [7, 11) is 0. The lowest BCUT2D eigenvalue weighted by Gasteiger charge is -2.32. The van der Waals surface area contributed by atoms with E-state index in [1.165, 1.54) is 5.01 Å². The third kappa shape index (κ3) is 3.94. The summed E-state index contributed by atoms with van der Waals surface area (Å²) in [4.78, 5) is 12.8. The number of nitrogens with zero attached hydrogens (tertiary/aromatic N) is 2. The zero-order valence-electron chi connectivity index (χ0n) is 17.7. The molecule has 0 radical (unpaired) electrons. The Morgan fingerprint density at radius 2 is 1.70 bits per heavy atom. The molecule has 0 spiro atoms. The monoisotopic (exact) mass is 406 g/mol. The van der Waals surface area contributed by atoms with Crippen LogP contribution < -0.4 is 0 Å². The van der Waals surface area contributed by atoms with Crippen LogP contribution in [0, 0.1) is 0 Å². The molecule has 1 heterocycles. The average molecular weight is 406 g/mol. The van der Waals surface area contributed by atoms with Crippen molar-refractivity contribution >= 4 is 23.3 Å². The summed E-state index contributed by atoms with van der Waals surface area (Å²) in [5.41, 5.74) is 3.86. The van der Waals surface area contributed by atoms with Gasteiger partial charge < -0.3 is 14.6 Å². The Balaban J connectivity index is 2.31. The topological polar surface area (TPSA) is 71.4 Å². The molecule has 0 saturated heterocycles. The molecule has 0 amide bonds. The fraction of sp³-hybridized carbons (Fsp3) is 0.250. The van der Waals surface area contributed by atoms with Gasteiger partial charge in [0.2, 0.25) is 5.90 Å². The molecule has 0 aliphatic carbocycles. The van der Waals surface area contributed by atoms with E-state index in [-0.39, 0.29) is 18.1 Å². The van der Waals surface area contributed by atoms with Crippen molar-refractivity contribution in [2.45, 2.75) is 27.7 Å². The van der Waals surface area contributed by atoms with Gasteiger partial charge in [-0.05, 0) is 31.9 Å². The van der Waals surface area contributed by atoms with Gasteiger partial charge in [-0.25, -0.2) is 9.80 Å². The number of hydrazone groups is 1. The van der Waals surface area contributed by atoms with Gasteiger partial charge in [-0.1, -0.05) is 54.6 Å². The zero-order chi connectivity index (χ0) is 21.7. The molecule has 3 rings (SSSR count). The minimum atomic E-state index is -0.654. The molecular weight excluding hydrogens is 380 g/mol. The summed E-state index contributed by atoms with van der Waals surface area (Å²) < 4.78 is 10.7. The highest BCUT2D eigenvalue weighted by atomic mass is 16.5. The second-order valence-electron chi connectivity index (χ2n) is 6.55. The number of carbonyl (C=O) groups is 1. The first-order valence-electron chi connectivity index (χ1n) is 9.97. The van der Waals surface area contributed by atoms with Gasteiger partial charge in [-0.15, -0.1) is 5.10 Å². The molecule has 156 valence electrons. The fourth-order valence-corrected chi connectivity index (χ4v) is 3.47. The predicted molar refractivity (Wildman–Crippen MR) is 118 cm³/mol. The van der Waals surface area contributed by atoms with Crippen LogP contribution in [-0.2, 0) is 14.3 Å². The summed E-state index contributed by atoms with van der Waals surface area (Å²) in [6.45, 7) is 7.76. The Bertz CT molecular complexity index is 1020. The van der Waals surface area contributed by atoms with Gasteiger partial charge in [0.1, 0.15) is 0 Å². The predicted octanol–water partition coefficient (Wildman–Crippen LogP) is 5.19. The van der Waals surface area contributed by atoms with E-state index in [1.54, 1.807) is 19.9 Å². The molecule has 0 atom stereocenters. The lowest BCUT2D eigenvalue weighted by molar-refractivity contribution is -0.140. The zero-order valence-corrected chi connectivity index (χ0v) is 17.7. The van der Waals surface area contributed by atoms with Crippen molar-refractivity contribution in [1.29, 1.82) is 0 Å². The number of benzene rings is 2. The molecule has 0 saturated carbocycles. The standard InChI is InChI=1S/C24H26N2O4/c1-5-20-21-18(17-12-9-8-10-13-17)14-11-15-19(21)23(27)22(24(28)30-7-3)26(20)25-16(4)29-6-2/h5,8-15,27H,6-7H2,1-4H3/b20-5+,25-16+. The number of allylic oxidation sites excluding steroid dienone is 1. The third-order valence-electron chi connectivity index (χ3n) is 4.66. The number of ether oxygens (including phenoxy) is 2. The molecule has 2 aromatic rings. The number of esters is 1. The van der Waals surface area contributed by atoms with Crippen molar-refractivity contribution in [3.05, 3.63) is 71.4 Å². The molecule has 1 aliphatic heterocycles. The molecule has 2 aromatic carbocycles. The Morgan fingerprint density at radius 1 is 1.03 bits per heavy atom. The second-order valence-corrected chi connectivity index (χ2v) is 6.55. The highest BCUT2D eigenvalue weighted by Crippen LogP contribution is 2.43. The fourth-order valence-electron chi connectivity index (χ4n) is 3.47. The number of aliphatic hydroxyl groups is 1. The van der Waals surface area contributed by atoms with Crippen molar-refractivity contribution < 1.29 is 19.4 Å². The Labute approximate surface area is 176 Å². The molecule has 1 aliphatic rings. The third-order valence-corrected chi connectivity index (χ3v) is 4.66. The molecule has 1 N–H and O–H groups in total. The van der Waals surface area contributed by atoms with Crippen LogP contribution in [0.4, 0.5) is 0 Å². The van der Waals surface area contributed by atoms with Crippen LogP contribution in [0.2, 0.25) is 0 Å². The lowest BCUT2D eigenvalue weighted by Crippen LogP contribution is -2.30. The Kier molecular flexibility index (Phi) is 6.57. The lowest BCUT2D eigenvalue weighted by atomic mass is 9.89. The second kappa shape index (κ2) is 9.31. The quantitative estimate of drug-likeness (QED) is 0.420. The summed E-state index contributed by atoms with van der Waals surface area (Å²) >= 11 is 0. The van der Waals surface area contributed by atoms with Crippen LogP contribution in [0.15, 0.2) is 65.4 Å². The van der Waals surface area contributed by atoms with Gasteiger partial charge in [0.15, 0.2) is 11.5 Å². The molecule has 0 bridgehead atoms. The Morgan fingerprint density at radius 3 is 2.33 bits per heavy atom. The summed E-state index contributed by atoms with van der Waals surface area (Å²) in [5, 5.41) is 17.0. The van der Waals surface area contributed by atoms with Crippen LogP contribution in [0.5, 0.6) is 0 Å². The van der Waals surface area contributed by atoms with E-state index in [0.29, 0.717) is 23.8 Å². The van der Waals surface area contributed by atoms with Crippen molar-refractivity contribution in [3.63, 3.8) is 0 Å². The van der Waals surface area contributed by atoms with E-state index in [2.05, 4.69) is 5.10 Å². The van der Waals surface area contributed by atoms with Gasteiger partial charge in [-0.3, -0.25) is 0 Å². The highest BCUT2D eigenvalue weighted by Gasteiger charge is 2.36. The molecule has 0 unspecified atom stereocenters. The first-order valence-corrected chi connectivity index (χ1v) is 9.97. The highest BCUT2D eigenvalue weighted by molar-refractivity contribution is 6.03. The van der Waals surface area contributed by atoms with Crippen LogP contribution in [0.25, 0.3) is 22.6 Å². The van der Waals surface area contributed by atoms with E-state index in [4.69, 9.17) is 9.47 Å². The minimum absolute atomic E-state index is 0.0401. The summed E-state index contributed by atoms with van der Waals surface area (Å²) in [6.07, 6.45) is 1.86. The van der Waals surface area contributed by atoms with E-state index in [1.807, 2.05) is 62.4 Å². The number of hydrogen-bond acceptors (Lipinski definition) is 6. The number of aliphatic hydroxyl groups excluding tert-OH is 1. The number of rotatable bonds is 5. The van der Waals surface area contributed by atoms with Crippen molar-refractivity contribution in [1.82, 2.24) is 5.01 Å². The number of fused-ring (bicyclic) bond motifs is 1. The summed E-state index contributed by atoms with van der Waals surface area (Å²) in [6, 6.07) is 15.5. The van der Waals surface area contributed by atoms with Gasteiger partial charge in [0.05, 0.1) is 18.9 Å². The SMILES string of the molecule is C/C=C1\c2c(cccc2-c2ccccc2)C(O)=C(C(=O)OCC)N1/N=C(\C)OCC. The molecule has 6 heteroatoms. The molecule has 30 heavy (non-hydrogen) atoms. The normalized spacial score (nSPS) is 15.3. The van der Waals surface area contributed by atoms with Gasteiger partial charge in [0.25, 0.3) is 0 Å². The smallest absolute Gasteiger partial charge is 0.360 e. The first-order chi connectivity index (χ1) is 14.5. The van der Waals surface area contributed by atoms with E-state index in [0.717, 1.165) is 16.7 Å². The van der Waals surface area contributed by atoms with Crippen LogP contribution in [0.1, 0.15) is 38.8 Å². The number of carbonyl (C=O) groups excluding carboxylic acids is 1. The molecular formula is C24H26N2O4. The van der Waals surface area contributed by atoms with Gasteiger partial charge in [-0.2, -0.15) is 0 Å². The average Bonchev–Trinajstić information content (AvgIpc) is 2.75. The van der Waals surface area contributed by atoms with Crippen LogP contribution in [0.3, 0.4) is 0 Å². The Hall–Kier alpha value is -3.54. The maximum absolute atomic E-state index is 12.8. The van der Waals surface area contributed by atoms with E-state index >= 15 is 0 Å². The number of hydrogen-bond donors (Lipinski definition) is 1. The molecule has 6 nitrogen and oxygen atoms in total. The minimum Gasteiger partial charge on any atom is -0.505 e. The molecule has 0 fully saturated rings. The van der Waals surface area contributed by atoms with Crippen molar-refractivity contribution in [2.75, 3.05) is 13.2 Å². The van der Waals surface area contributed by atoms with E-state index < -0.39 is 5.97 Å². The maximum atomic E-state index is 12.8. The van der Waals surface area contributed by atoms with Gasteiger partial charge >= 0.3 is 5.97 Å². The van der Waals surface area contributed by atoms with Crippen LogP contribution >= 0.6 is 0 Å². The van der Waals surface area contributed by atoms with E-state index in [9.17, 15) is 9.90 Å². The first kappa shape index (κ1) is 21.2. The van der Waals surface area contributed by atoms with Crippen molar-refractivity contribution in [2.24, 2.45) is 5.10 Å². The largest absolute Gasteiger partial charge is 0.505 e. The van der Waals surface area contributed by atoms with Crippen molar-refractivity contribution in [3.8, 4) is 11.1 Å². The molecule has 0 aromatic heterocycles.